The number of aromatic nitrogens is 3. The van der Waals surface area contributed by atoms with E-state index in [1.165, 1.54) is 0 Å². The van der Waals surface area contributed by atoms with Crippen LogP contribution in [-0.4, -0.2) is 52.0 Å². The van der Waals surface area contributed by atoms with Gasteiger partial charge in [-0.1, -0.05) is 0 Å². The zero-order chi connectivity index (χ0) is 11.4. The third kappa shape index (κ3) is 2.40. The van der Waals surface area contributed by atoms with Crippen molar-refractivity contribution in [3.8, 4) is 0 Å². The highest BCUT2D eigenvalue weighted by molar-refractivity contribution is 4.87. The highest BCUT2D eigenvalue weighted by Crippen LogP contribution is 2.09. The van der Waals surface area contributed by atoms with Crippen LogP contribution in [0.3, 0.4) is 0 Å². The van der Waals surface area contributed by atoms with E-state index in [0.717, 1.165) is 38.7 Å². The van der Waals surface area contributed by atoms with Crippen molar-refractivity contribution in [2.45, 2.75) is 26.1 Å². The van der Waals surface area contributed by atoms with Crippen molar-refractivity contribution in [2.24, 2.45) is 5.73 Å². The van der Waals surface area contributed by atoms with E-state index in [1.807, 2.05) is 4.68 Å². The molecular formula is C10H19N5O. The van der Waals surface area contributed by atoms with Gasteiger partial charge in [0.05, 0.1) is 19.8 Å². The zero-order valence-electron chi connectivity index (χ0n) is 9.67. The molecule has 1 fully saturated rings. The van der Waals surface area contributed by atoms with Crippen LogP contribution in [0.2, 0.25) is 0 Å². The van der Waals surface area contributed by atoms with Crippen LogP contribution in [0, 0.1) is 0 Å². The molecule has 1 aromatic heterocycles. The molecule has 1 aromatic rings. The predicted octanol–water partition coefficient (Wildman–Crippen LogP) is -0.542. The number of nitrogens with zero attached hydrogens (tertiary/aromatic N) is 4. The SMILES string of the molecule is CCn1ncnc1CN1CCOCC1CN. The molecule has 1 saturated heterocycles. The van der Waals surface area contributed by atoms with E-state index >= 15 is 0 Å². The van der Waals surface area contributed by atoms with E-state index in [-0.39, 0.29) is 0 Å². The summed E-state index contributed by atoms with van der Waals surface area (Å²) in [5.74, 6) is 1.00. The summed E-state index contributed by atoms with van der Waals surface area (Å²) in [5, 5.41) is 4.17. The molecule has 1 aliphatic rings. The van der Waals surface area contributed by atoms with E-state index in [4.69, 9.17) is 10.5 Å². The van der Waals surface area contributed by atoms with E-state index in [2.05, 4.69) is 21.9 Å². The fourth-order valence-corrected chi connectivity index (χ4v) is 1.97. The van der Waals surface area contributed by atoms with Crippen molar-refractivity contribution in [3.05, 3.63) is 12.2 Å². The lowest BCUT2D eigenvalue weighted by Crippen LogP contribution is -2.49. The minimum absolute atomic E-state index is 0.302. The number of aryl methyl sites for hydroxylation is 1. The van der Waals surface area contributed by atoms with Crippen molar-refractivity contribution < 1.29 is 4.74 Å². The van der Waals surface area contributed by atoms with Gasteiger partial charge in [0.1, 0.15) is 12.2 Å². The third-order valence-electron chi connectivity index (χ3n) is 2.96. The first-order valence-corrected chi connectivity index (χ1v) is 5.73. The van der Waals surface area contributed by atoms with Gasteiger partial charge in [0.15, 0.2) is 0 Å². The molecule has 0 saturated carbocycles. The molecule has 2 heterocycles. The monoisotopic (exact) mass is 225 g/mol. The highest BCUT2D eigenvalue weighted by Gasteiger charge is 2.23. The van der Waals surface area contributed by atoms with Crippen molar-refractivity contribution in [3.63, 3.8) is 0 Å². The van der Waals surface area contributed by atoms with Crippen LogP contribution in [0.1, 0.15) is 12.7 Å². The molecule has 1 atom stereocenters. The Morgan fingerprint density at radius 2 is 2.50 bits per heavy atom. The Labute approximate surface area is 95.4 Å². The maximum atomic E-state index is 5.73. The van der Waals surface area contributed by atoms with Gasteiger partial charge in [-0.2, -0.15) is 5.10 Å². The van der Waals surface area contributed by atoms with Gasteiger partial charge in [0.2, 0.25) is 0 Å². The fourth-order valence-electron chi connectivity index (χ4n) is 1.97. The number of nitrogens with two attached hydrogens (primary N) is 1. The molecule has 2 N–H and O–H groups in total. The van der Waals surface area contributed by atoms with Crippen LogP contribution in [-0.2, 0) is 17.8 Å². The van der Waals surface area contributed by atoms with Gasteiger partial charge < -0.3 is 10.5 Å². The minimum Gasteiger partial charge on any atom is -0.378 e. The van der Waals surface area contributed by atoms with Gasteiger partial charge >= 0.3 is 0 Å². The largest absolute Gasteiger partial charge is 0.378 e. The number of rotatable bonds is 4. The molecule has 0 aromatic carbocycles. The van der Waals surface area contributed by atoms with Crippen LogP contribution in [0.15, 0.2) is 6.33 Å². The lowest BCUT2D eigenvalue weighted by molar-refractivity contribution is -0.00958. The van der Waals surface area contributed by atoms with Gasteiger partial charge in [0, 0.05) is 25.7 Å². The molecule has 1 unspecified atom stereocenters. The summed E-state index contributed by atoms with van der Waals surface area (Å²) in [5.41, 5.74) is 5.73. The number of hydrogen-bond acceptors (Lipinski definition) is 5. The van der Waals surface area contributed by atoms with E-state index in [0.29, 0.717) is 12.6 Å². The molecular weight excluding hydrogens is 206 g/mol. The summed E-state index contributed by atoms with van der Waals surface area (Å²) in [4.78, 5) is 6.60. The Balaban J connectivity index is 2.02. The van der Waals surface area contributed by atoms with Crippen LogP contribution in [0.5, 0.6) is 0 Å². The summed E-state index contributed by atoms with van der Waals surface area (Å²) in [6.45, 7) is 6.76. The molecule has 2 rings (SSSR count). The van der Waals surface area contributed by atoms with Gasteiger partial charge in [0.25, 0.3) is 0 Å². The number of morpholine rings is 1. The number of hydrogen-bond donors (Lipinski definition) is 1. The highest BCUT2D eigenvalue weighted by atomic mass is 16.5. The molecule has 0 spiro atoms. The quantitative estimate of drug-likeness (QED) is 0.745. The molecule has 16 heavy (non-hydrogen) atoms. The topological polar surface area (TPSA) is 69.2 Å². The second-order valence-electron chi connectivity index (χ2n) is 3.93. The number of ether oxygens (including phenoxy) is 1. The summed E-state index contributed by atoms with van der Waals surface area (Å²) >= 11 is 0. The summed E-state index contributed by atoms with van der Waals surface area (Å²) in [6, 6.07) is 0.302. The Hall–Kier alpha value is -0.980. The van der Waals surface area contributed by atoms with Crippen LogP contribution in [0.25, 0.3) is 0 Å². The van der Waals surface area contributed by atoms with E-state index < -0.39 is 0 Å². The molecule has 6 heteroatoms. The normalized spacial score (nSPS) is 22.5. The molecule has 90 valence electrons. The molecule has 6 nitrogen and oxygen atoms in total. The fraction of sp³-hybridized carbons (Fsp3) is 0.800. The lowest BCUT2D eigenvalue weighted by atomic mass is 10.2. The van der Waals surface area contributed by atoms with Crippen LogP contribution < -0.4 is 5.73 Å². The van der Waals surface area contributed by atoms with E-state index in [1.54, 1.807) is 6.33 Å². The first kappa shape index (κ1) is 11.5. The first-order chi connectivity index (χ1) is 7.85. The predicted molar refractivity (Wildman–Crippen MR) is 59.8 cm³/mol. The maximum absolute atomic E-state index is 5.73. The van der Waals surface area contributed by atoms with Crippen molar-refractivity contribution in [1.82, 2.24) is 19.7 Å². The summed E-state index contributed by atoms with van der Waals surface area (Å²) in [6.07, 6.45) is 1.61. The molecule has 0 amide bonds. The van der Waals surface area contributed by atoms with Crippen LogP contribution >= 0.6 is 0 Å². The average Bonchev–Trinajstić information content (AvgIpc) is 2.77. The molecule has 1 aliphatic heterocycles. The second-order valence-corrected chi connectivity index (χ2v) is 3.93. The smallest absolute Gasteiger partial charge is 0.141 e. The second kappa shape index (κ2) is 5.38. The first-order valence-electron chi connectivity index (χ1n) is 5.73. The molecule has 0 radical (unpaired) electrons. The van der Waals surface area contributed by atoms with Crippen LogP contribution in [0.4, 0.5) is 0 Å². The molecule has 0 bridgehead atoms. The third-order valence-corrected chi connectivity index (χ3v) is 2.96. The van der Waals surface area contributed by atoms with Gasteiger partial charge in [-0.25, -0.2) is 9.67 Å². The van der Waals surface area contributed by atoms with Gasteiger partial charge in [-0.15, -0.1) is 0 Å². The van der Waals surface area contributed by atoms with E-state index in [9.17, 15) is 0 Å². The summed E-state index contributed by atoms with van der Waals surface area (Å²) < 4.78 is 7.33. The Kier molecular flexibility index (Phi) is 3.87. The van der Waals surface area contributed by atoms with Gasteiger partial charge in [-0.05, 0) is 6.92 Å². The van der Waals surface area contributed by atoms with Crippen molar-refractivity contribution >= 4 is 0 Å². The van der Waals surface area contributed by atoms with Crippen molar-refractivity contribution in [2.75, 3.05) is 26.3 Å². The lowest BCUT2D eigenvalue weighted by Gasteiger charge is -2.34. The Morgan fingerprint density at radius 1 is 1.62 bits per heavy atom. The zero-order valence-corrected chi connectivity index (χ0v) is 9.67. The Bertz CT molecular complexity index is 327. The molecule has 0 aliphatic carbocycles. The summed E-state index contributed by atoms with van der Waals surface area (Å²) in [7, 11) is 0. The van der Waals surface area contributed by atoms with Crippen molar-refractivity contribution in [1.29, 1.82) is 0 Å². The standard InChI is InChI=1S/C10H19N5O/c1-2-15-10(12-8-13-15)6-14-3-4-16-7-9(14)5-11/h8-9H,2-7,11H2,1H3. The maximum Gasteiger partial charge on any atom is 0.141 e. The average molecular weight is 225 g/mol. The minimum atomic E-state index is 0.302. The Morgan fingerprint density at radius 3 is 3.25 bits per heavy atom. The van der Waals surface area contributed by atoms with Gasteiger partial charge in [-0.3, -0.25) is 4.90 Å².